The van der Waals surface area contributed by atoms with Crippen LogP contribution in [0.15, 0.2) is 16.4 Å². The second-order valence-electron chi connectivity index (χ2n) is 3.29. The van der Waals surface area contributed by atoms with E-state index in [0.29, 0.717) is 12.0 Å². The molecule has 0 aliphatic carbocycles. The van der Waals surface area contributed by atoms with E-state index in [1.807, 2.05) is 11.9 Å². The zero-order valence-corrected chi connectivity index (χ0v) is 8.64. The van der Waals surface area contributed by atoms with Gasteiger partial charge in [0.2, 0.25) is 0 Å². The summed E-state index contributed by atoms with van der Waals surface area (Å²) >= 11 is 1.78. The van der Waals surface area contributed by atoms with Crippen LogP contribution in [-0.4, -0.2) is 24.5 Å². The third-order valence-electron chi connectivity index (χ3n) is 2.46. The summed E-state index contributed by atoms with van der Waals surface area (Å²) in [5.41, 5.74) is 7.04. The number of rotatable bonds is 1. The van der Waals surface area contributed by atoms with Crippen LogP contribution in [0.1, 0.15) is 16.5 Å². The van der Waals surface area contributed by atoms with Crippen LogP contribution in [0, 0.1) is 6.92 Å². The van der Waals surface area contributed by atoms with Crippen LogP contribution in [0.4, 0.5) is 0 Å². The van der Waals surface area contributed by atoms with Gasteiger partial charge in [0.25, 0.3) is 0 Å². The van der Waals surface area contributed by atoms with Crippen molar-refractivity contribution in [3.63, 3.8) is 0 Å². The molecule has 70 valence electrons. The van der Waals surface area contributed by atoms with E-state index in [9.17, 15) is 0 Å². The van der Waals surface area contributed by atoms with E-state index in [1.165, 1.54) is 10.4 Å². The molecule has 1 aromatic heterocycles. The number of thiophene rings is 1. The van der Waals surface area contributed by atoms with Crippen LogP contribution in [0.5, 0.6) is 0 Å². The Morgan fingerprint density at radius 1 is 1.69 bits per heavy atom. The lowest BCUT2D eigenvalue weighted by molar-refractivity contribution is 0.418. The first-order valence-corrected chi connectivity index (χ1v) is 5.15. The minimum absolute atomic E-state index is 0.361. The van der Waals surface area contributed by atoms with E-state index < -0.39 is 0 Å². The highest BCUT2D eigenvalue weighted by atomic mass is 32.1. The van der Waals surface area contributed by atoms with Crippen LogP contribution in [-0.2, 0) is 0 Å². The number of aryl methyl sites for hydroxylation is 1. The van der Waals surface area contributed by atoms with Crippen molar-refractivity contribution >= 4 is 17.3 Å². The van der Waals surface area contributed by atoms with Crippen molar-refractivity contribution in [1.29, 1.82) is 0 Å². The fraction of sp³-hybridized carbons (Fsp3) is 0.444. The van der Waals surface area contributed by atoms with Crippen LogP contribution >= 0.6 is 11.3 Å². The summed E-state index contributed by atoms with van der Waals surface area (Å²) < 4.78 is 0. The van der Waals surface area contributed by atoms with Gasteiger partial charge in [0, 0.05) is 11.9 Å². The molecule has 2 rings (SSSR count). The number of likely N-dealkylation sites (N-methyl/N-ethyl adjacent to an activating group) is 1. The first-order chi connectivity index (χ1) is 6.20. The van der Waals surface area contributed by atoms with E-state index >= 15 is 0 Å². The minimum Gasteiger partial charge on any atom is -0.370 e. The monoisotopic (exact) mass is 195 g/mol. The summed E-state index contributed by atoms with van der Waals surface area (Å²) in [6.07, 6.45) is 0. The smallest absolute Gasteiger partial charge is 0.191 e. The average molecular weight is 195 g/mol. The molecule has 0 aromatic carbocycles. The molecular weight excluding hydrogens is 182 g/mol. The van der Waals surface area contributed by atoms with Crippen LogP contribution in [0.25, 0.3) is 0 Å². The van der Waals surface area contributed by atoms with Crippen molar-refractivity contribution in [2.24, 2.45) is 10.7 Å². The lowest BCUT2D eigenvalue weighted by Gasteiger charge is -2.20. The molecule has 0 amide bonds. The van der Waals surface area contributed by atoms with Crippen molar-refractivity contribution in [3.05, 3.63) is 21.9 Å². The molecule has 1 aromatic rings. The standard InChI is InChI=1S/C9H13N3S/c1-6-3-4-13-8(6)7-5-11-9(10)12(7)2/h3-4,7H,5H2,1-2H3,(H2,10,11). The Balaban J connectivity index is 2.26. The molecule has 2 N–H and O–H groups in total. The van der Waals surface area contributed by atoms with Crippen LogP contribution < -0.4 is 5.73 Å². The second kappa shape index (κ2) is 3.03. The van der Waals surface area contributed by atoms with Crippen LogP contribution in [0.2, 0.25) is 0 Å². The zero-order valence-electron chi connectivity index (χ0n) is 7.82. The summed E-state index contributed by atoms with van der Waals surface area (Å²) in [5, 5.41) is 2.12. The topological polar surface area (TPSA) is 41.6 Å². The molecule has 1 aliphatic rings. The summed E-state index contributed by atoms with van der Waals surface area (Å²) in [7, 11) is 2.00. The van der Waals surface area contributed by atoms with Gasteiger partial charge in [-0.3, -0.25) is 4.99 Å². The molecule has 0 saturated heterocycles. The lowest BCUT2D eigenvalue weighted by atomic mass is 10.1. The molecule has 13 heavy (non-hydrogen) atoms. The molecule has 0 bridgehead atoms. The Labute approximate surface area is 81.9 Å². The maximum absolute atomic E-state index is 5.71. The second-order valence-corrected chi connectivity index (χ2v) is 4.24. The minimum atomic E-state index is 0.361. The van der Waals surface area contributed by atoms with Crippen molar-refractivity contribution < 1.29 is 0 Å². The number of hydrogen-bond acceptors (Lipinski definition) is 4. The summed E-state index contributed by atoms with van der Waals surface area (Å²) in [4.78, 5) is 7.64. The zero-order chi connectivity index (χ0) is 9.42. The molecule has 0 fully saturated rings. The number of nitrogens with two attached hydrogens (primary N) is 1. The van der Waals surface area contributed by atoms with Gasteiger partial charge in [-0.1, -0.05) is 0 Å². The van der Waals surface area contributed by atoms with Gasteiger partial charge in [-0.2, -0.15) is 0 Å². The Kier molecular flexibility index (Phi) is 2.00. The highest BCUT2D eigenvalue weighted by Gasteiger charge is 2.25. The molecule has 3 nitrogen and oxygen atoms in total. The third kappa shape index (κ3) is 1.31. The average Bonchev–Trinajstić information content (AvgIpc) is 2.62. The van der Waals surface area contributed by atoms with Gasteiger partial charge in [0.15, 0.2) is 5.96 Å². The SMILES string of the molecule is Cc1ccsc1C1CN=C(N)N1C. The quantitative estimate of drug-likeness (QED) is 0.735. The van der Waals surface area contributed by atoms with E-state index in [2.05, 4.69) is 23.4 Å². The van der Waals surface area contributed by atoms with E-state index in [-0.39, 0.29) is 0 Å². The first kappa shape index (κ1) is 8.56. The van der Waals surface area contributed by atoms with Gasteiger partial charge >= 0.3 is 0 Å². The number of aliphatic imine (C=N–C) groups is 1. The maximum atomic E-state index is 5.71. The molecule has 1 unspecified atom stereocenters. The Morgan fingerprint density at radius 2 is 2.46 bits per heavy atom. The van der Waals surface area contributed by atoms with Crippen molar-refractivity contribution in [2.45, 2.75) is 13.0 Å². The Morgan fingerprint density at radius 3 is 2.92 bits per heavy atom. The molecule has 4 heteroatoms. The van der Waals surface area contributed by atoms with Gasteiger partial charge in [-0.05, 0) is 23.9 Å². The highest BCUT2D eigenvalue weighted by molar-refractivity contribution is 7.10. The predicted molar refractivity (Wildman–Crippen MR) is 56.0 cm³/mol. The Bertz CT molecular complexity index is 342. The molecule has 0 radical (unpaired) electrons. The van der Waals surface area contributed by atoms with E-state index in [0.717, 1.165) is 6.54 Å². The lowest BCUT2D eigenvalue weighted by Crippen LogP contribution is -2.32. The van der Waals surface area contributed by atoms with Crippen molar-refractivity contribution in [1.82, 2.24) is 4.90 Å². The van der Waals surface area contributed by atoms with Crippen molar-refractivity contribution in [3.8, 4) is 0 Å². The van der Waals surface area contributed by atoms with Crippen molar-refractivity contribution in [2.75, 3.05) is 13.6 Å². The fourth-order valence-electron chi connectivity index (χ4n) is 1.56. The number of nitrogens with zero attached hydrogens (tertiary/aromatic N) is 2. The molecule has 0 spiro atoms. The number of hydrogen-bond donors (Lipinski definition) is 1. The largest absolute Gasteiger partial charge is 0.370 e. The van der Waals surface area contributed by atoms with E-state index in [4.69, 9.17) is 5.73 Å². The molecule has 0 saturated carbocycles. The first-order valence-electron chi connectivity index (χ1n) is 4.27. The number of guanidine groups is 1. The van der Waals surface area contributed by atoms with E-state index in [1.54, 1.807) is 11.3 Å². The molecular formula is C9H13N3S. The Hall–Kier alpha value is -1.03. The van der Waals surface area contributed by atoms with Gasteiger partial charge in [0.05, 0.1) is 12.6 Å². The highest BCUT2D eigenvalue weighted by Crippen LogP contribution is 2.30. The fourth-order valence-corrected chi connectivity index (χ4v) is 2.62. The van der Waals surface area contributed by atoms with Crippen LogP contribution in [0.3, 0.4) is 0 Å². The predicted octanol–water partition coefficient (Wildman–Crippen LogP) is 1.36. The van der Waals surface area contributed by atoms with Gasteiger partial charge < -0.3 is 10.6 Å². The molecule has 1 aliphatic heterocycles. The third-order valence-corrected chi connectivity index (χ3v) is 3.58. The van der Waals surface area contributed by atoms with Gasteiger partial charge in [-0.15, -0.1) is 11.3 Å². The molecule has 1 atom stereocenters. The summed E-state index contributed by atoms with van der Waals surface area (Å²) in [6.45, 7) is 2.93. The molecule has 2 heterocycles. The maximum Gasteiger partial charge on any atom is 0.191 e. The van der Waals surface area contributed by atoms with Gasteiger partial charge in [0.1, 0.15) is 0 Å². The summed E-state index contributed by atoms with van der Waals surface area (Å²) in [6, 6.07) is 2.50. The normalized spacial score (nSPS) is 22.2. The summed E-state index contributed by atoms with van der Waals surface area (Å²) in [5.74, 6) is 0.651. The van der Waals surface area contributed by atoms with Gasteiger partial charge in [-0.25, -0.2) is 0 Å².